The highest BCUT2D eigenvalue weighted by molar-refractivity contribution is 5.92. The highest BCUT2D eigenvalue weighted by Crippen LogP contribution is 2.16. The smallest absolute Gasteiger partial charge is 0.227 e. The van der Waals surface area contributed by atoms with Crippen molar-refractivity contribution in [1.82, 2.24) is 0 Å². The van der Waals surface area contributed by atoms with E-state index in [0.717, 1.165) is 18.2 Å². The zero-order valence-corrected chi connectivity index (χ0v) is 8.97. The monoisotopic (exact) mass is 228 g/mol. The van der Waals surface area contributed by atoms with Crippen LogP contribution < -0.4 is 11.1 Å². The number of carbonyl (C=O) groups is 1. The molecular weight excluding hydrogens is 214 g/mol. The fourth-order valence-corrected chi connectivity index (χ4v) is 1.23. The lowest BCUT2D eigenvalue weighted by Gasteiger charge is -2.11. The maximum atomic E-state index is 13.2. The lowest BCUT2D eigenvalue weighted by Crippen LogP contribution is -2.23. The van der Waals surface area contributed by atoms with Crippen LogP contribution in [-0.4, -0.2) is 12.5 Å². The van der Waals surface area contributed by atoms with Gasteiger partial charge < -0.3 is 11.1 Å². The molecule has 88 valence electrons. The van der Waals surface area contributed by atoms with Gasteiger partial charge >= 0.3 is 0 Å². The summed E-state index contributed by atoms with van der Waals surface area (Å²) in [5.41, 5.74) is 5.16. The van der Waals surface area contributed by atoms with Gasteiger partial charge in [-0.2, -0.15) is 0 Å². The second-order valence-electron chi connectivity index (χ2n) is 3.59. The number of carbonyl (C=O) groups excluding carboxylic acids is 1. The quantitative estimate of drug-likeness (QED) is 0.826. The highest BCUT2D eigenvalue weighted by atomic mass is 19.1. The van der Waals surface area contributed by atoms with Crippen LogP contribution in [0.25, 0.3) is 0 Å². The number of nitrogens with two attached hydrogens (primary N) is 1. The first-order valence-electron chi connectivity index (χ1n) is 5.00. The van der Waals surface area contributed by atoms with E-state index in [1.54, 1.807) is 6.92 Å². The Morgan fingerprint density at radius 1 is 1.50 bits per heavy atom. The number of rotatable bonds is 4. The van der Waals surface area contributed by atoms with Crippen LogP contribution >= 0.6 is 0 Å². The van der Waals surface area contributed by atoms with E-state index in [9.17, 15) is 13.6 Å². The average molecular weight is 228 g/mol. The summed E-state index contributed by atoms with van der Waals surface area (Å²) in [4.78, 5) is 11.5. The van der Waals surface area contributed by atoms with Crippen molar-refractivity contribution in [2.45, 2.75) is 13.3 Å². The van der Waals surface area contributed by atoms with Crippen LogP contribution in [-0.2, 0) is 4.79 Å². The summed E-state index contributed by atoms with van der Waals surface area (Å²) < 4.78 is 26.0. The molecule has 0 fully saturated rings. The molecular formula is C11H14F2N2O. The van der Waals surface area contributed by atoms with Crippen molar-refractivity contribution in [3.05, 3.63) is 29.8 Å². The molecule has 0 aliphatic heterocycles. The number of anilines is 1. The molecule has 0 bridgehead atoms. The summed E-state index contributed by atoms with van der Waals surface area (Å²) in [6.07, 6.45) is 0.503. The van der Waals surface area contributed by atoms with E-state index in [-0.39, 0.29) is 17.5 Å². The van der Waals surface area contributed by atoms with Crippen molar-refractivity contribution in [2.75, 3.05) is 11.9 Å². The first-order chi connectivity index (χ1) is 7.54. The Balaban J connectivity index is 2.72. The third-order valence-electron chi connectivity index (χ3n) is 2.23. The summed E-state index contributed by atoms with van der Waals surface area (Å²) in [7, 11) is 0. The van der Waals surface area contributed by atoms with Gasteiger partial charge in [-0.05, 0) is 25.1 Å². The molecule has 16 heavy (non-hydrogen) atoms. The van der Waals surface area contributed by atoms with Crippen molar-refractivity contribution in [1.29, 1.82) is 0 Å². The molecule has 3 nitrogen and oxygen atoms in total. The molecule has 0 radical (unpaired) electrons. The second-order valence-corrected chi connectivity index (χ2v) is 3.59. The van der Waals surface area contributed by atoms with Crippen LogP contribution in [0.2, 0.25) is 0 Å². The van der Waals surface area contributed by atoms with E-state index in [1.807, 2.05) is 0 Å². The van der Waals surface area contributed by atoms with Gasteiger partial charge in [0, 0.05) is 12.0 Å². The number of halogens is 2. The Labute approximate surface area is 92.6 Å². The second kappa shape index (κ2) is 5.55. The molecule has 1 rings (SSSR count). The SMILES string of the molecule is CC(CCN)C(=O)Nc1cc(F)ccc1F. The van der Waals surface area contributed by atoms with Crippen LogP contribution in [0.3, 0.4) is 0 Å². The predicted molar refractivity (Wildman–Crippen MR) is 57.8 cm³/mol. The fourth-order valence-electron chi connectivity index (χ4n) is 1.23. The van der Waals surface area contributed by atoms with E-state index in [0.29, 0.717) is 13.0 Å². The lowest BCUT2D eigenvalue weighted by atomic mass is 10.1. The van der Waals surface area contributed by atoms with Crippen LogP contribution in [0.1, 0.15) is 13.3 Å². The maximum Gasteiger partial charge on any atom is 0.227 e. The molecule has 0 aliphatic rings. The maximum absolute atomic E-state index is 13.2. The molecule has 1 atom stereocenters. The van der Waals surface area contributed by atoms with Crippen LogP contribution in [0.5, 0.6) is 0 Å². The molecule has 0 heterocycles. The lowest BCUT2D eigenvalue weighted by molar-refractivity contribution is -0.119. The number of benzene rings is 1. The first kappa shape index (κ1) is 12.6. The van der Waals surface area contributed by atoms with Gasteiger partial charge in [0.05, 0.1) is 5.69 Å². The Kier molecular flexibility index (Phi) is 4.37. The van der Waals surface area contributed by atoms with Crippen molar-refractivity contribution in [3.63, 3.8) is 0 Å². The van der Waals surface area contributed by atoms with Gasteiger partial charge in [0.2, 0.25) is 5.91 Å². The molecule has 1 amide bonds. The van der Waals surface area contributed by atoms with Crippen molar-refractivity contribution in [2.24, 2.45) is 11.7 Å². The Bertz CT molecular complexity index is 382. The molecule has 0 aromatic heterocycles. The summed E-state index contributed by atoms with van der Waals surface area (Å²) in [6, 6.07) is 2.91. The minimum Gasteiger partial charge on any atom is -0.330 e. The average Bonchev–Trinajstić information content (AvgIpc) is 2.23. The van der Waals surface area contributed by atoms with E-state index >= 15 is 0 Å². The van der Waals surface area contributed by atoms with Crippen molar-refractivity contribution in [3.8, 4) is 0 Å². The van der Waals surface area contributed by atoms with Gasteiger partial charge in [-0.25, -0.2) is 8.78 Å². The molecule has 3 N–H and O–H groups in total. The first-order valence-corrected chi connectivity index (χ1v) is 5.00. The summed E-state index contributed by atoms with van der Waals surface area (Å²) in [5, 5.41) is 2.33. The summed E-state index contributed by atoms with van der Waals surface area (Å²) >= 11 is 0. The number of amides is 1. The zero-order valence-electron chi connectivity index (χ0n) is 8.97. The largest absolute Gasteiger partial charge is 0.330 e. The van der Waals surface area contributed by atoms with E-state index in [4.69, 9.17) is 5.73 Å². The fraction of sp³-hybridized carbons (Fsp3) is 0.364. The Morgan fingerprint density at radius 2 is 2.19 bits per heavy atom. The molecule has 0 saturated carbocycles. The number of hydrogen-bond acceptors (Lipinski definition) is 2. The van der Waals surface area contributed by atoms with Crippen LogP contribution in [0.15, 0.2) is 18.2 Å². The van der Waals surface area contributed by atoms with Crippen LogP contribution in [0.4, 0.5) is 14.5 Å². The van der Waals surface area contributed by atoms with Gasteiger partial charge in [-0.1, -0.05) is 6.92 Å². The normalized spacial score (nSPS) is 12.2. The Hall–Kier alpha value is -1.49. The topological polar surface area (TPSA) is 55.1 Å². The van der Waals surface area contributed by atoms with Gasteiger partial charge in [-0.3, -0.25) is 4.79 Å². The van der Waals surface area contributed by atoms with Gasteiger partial charge in [-0.15, -0.1) is 0 Å². The zero-order chi connectivity index (χ0) is 12.1. The van der Waals surface area contributed by atoms with Crippen molar-refractivity contribution >= 4 is 11.6 Å². The molecule has 0 spiro atoms. The van der Waals surface area contributed by atoms with Gasteiger partial charge in [0.25, 0.3) is 0 Å². The minimum atomic E-state index is -0.658. The minimum absolute atomic E-state index is 0.145. The van der Waals surface area contributed by atoms with E-state index in [2.05, 4.69) is 5.32 Å². The molecule has 1 aromatic carbocycles. The highest BCUT2D eigenvalue weighted by Gasteiger charge is 2.14. The van der Waals surface area contributed by atoms with Crippen molar-refractivity contribution < 1.29 is 13.6 Å². The molecule has 1 unspecified atom stereocenters. The molecule has 0 saturated heterocycles. The standard InChI is InChI=1S/C11H14F2N2O/c1-7(4-5-14)11(16)15-10-6-8(12)2-3-9(10)13/h2-3,6-7H,4-5,14H2,1H3,(H,15,16). The summed E-state index contributed by atoms with van der Waals surface area (Å²) in [6.45, 7) is 2.06. The third kappa shape index (κ3) is 3.27. The molecule has 0 aliphatic carbocycles. The van der Waals surface area contributed by atoms with Gasteiger partial charge in [0.15, 0.2) is 0 Å². The predicted octanol–water partition coefficient (Wildman–Crippen LogP) is 1.89. The third-order valence-corrected chi connectivity index (χ3v) is 2.23. The van der Waals surface area contributed by atoms with Gasteiger partial charge in [0.1, 0.15) is 11.6 Å². The van der Waals surface area contributed by atoms with Crippen LogP contribution in [0, 0.1) is 17.6 Å². The Morgan fingerprint density at radius 3 is 2.81 bits per heavy atom. The molecule has 5 heteroatoms. The van der Waals surface area contributed by atoms with E-state index in [1.165, 1.54) is 0 Å². The number of hydrogen-bond donors (Lipinski definition) is 2. The molecule has 1 aromatic rings. The number of nitrogens with one attached hydrogen (secondary N) is 1. The summed E-state index contributed by atoms with van der Waals surface area (Å²) in [5.74, 6) is -1.94. The van der Waals surface area contributed by atoms with E-state index < -0.39 is 11.6 Å².